The Morgan fingerprint density at radius 3 is 2.40 bits per heavy atom. The van der Waals surface area contributed by atoms with Crippen LogP contribution in [0.4, 0.5) is 0 Å². The Labute approximate surface area is 71.8 Å². The third-order valence-electron chi connectivity index (χ3n) is 2.79. The summed E-state index contributed by atoms with van der Waals surface area (Å²) in [4.78, 5) is 0. The Morgan fingerprint density at radius 2 is 2.30 bits per heavy atom. The van der Waals surface area contributed by atoms with E-state index in [2.05, 4.69) is 35.5 Å². The summed E-state index contributed by atoms with van der Waals surface area (Å²) in [5.41, 5.74) is 0.359. The second kappa shape index (κ2) is 3.08. The summed E-state index contributed by atoms with van der Waals surface area (Å²) in [7, 11) is 0. The van der Waals surface area contributed by atoms with E-state index in [4.69, 9.17) is 0 Å². The molecule has 0 saturated heterocycles. The van der Waals surface area contributed by atoms with Gasteiger partial charge in [-0.1, -0.05) is 35.4 Å². The molecule has 0 aliphatic heterocycles. The molecule has 0 aromatic heterocycles. The molecule has 0 radical (unpaired) electrons. The quantitative estimate of drug-likeness (QED) is 0.487. The number of rotatable bonds is 3. The van der Waals surface area contributed by atoms with E-state index in [1.165, 1.54) is 19.3 Å². The minimum Gasteiger partial charge on any atom is -0.102 e. The van der Waals surface area contributed by atoms with Crippen LogP contribution in [0.15, 0.2) is 12.7 Å². The first kappa shape index (κ1) is 8.32. The molecule has 10 heavy (non-hydrogen) atoms. The summed E-state index contributed by atoms with van der Waals surface area (Å²) >= 11 is 3.54. The molecule has 0 aromatic carbocycles. The van der Waals surface area contributed by atoms with Gasteiger partial charge in [-0.25, -0.2) is 0 Å². The number of alkyl halides is 1. The molecule has 58 valence electrons. The highest BCUT2D eigenvalue weighted by atomic mass is 79.9. The van der Waals surface area contributed by atoms with E-state index < -0.39 is 0 Å². The van der Waals surface area contributed by atoms with Crippen molar-refractivity contribution in [1.82, 2.24) is 0 Å². The van der Waals surface area contributed by atoms with E-state index in [0.29, 0.717) is 5.41 Å². The van der Waals surface area contributed by atoms with Crippen LogP contribution in [0, 0.1) is 11.3 Å². The fourth-order valence-electron chi connectivity index (χ4n) is 1.40. The number of hydrogen-bond donors (Lipinski definition) is 0. The van der Waals surface area contributed by atoms with Crippen molar-refractivity contribution >= 4 is 15.9 Å². The summed E-state index contributed by atoms with van der Waals surface area (Å²) in [6.07, 6.45) is 6.31. The Morgan fingerprint density at radius 1 is 1.70 bits per heavy atom. The van der Waals surface area contributed by atoms with Crippen LogP contribution < -0.4 is 0 Å². The van der Waals surface area contributed by atoms with Gasteiger partial charge in [0.15, 0.2) is 0 Å². The van der Waals surface area contributed by atoms with Crippen molar-refractivity contribution in [2.45, 2.75) is 26.2 Å². The Kier molecular flexibility index (Phi) is 2.56. The third-order valence-corrected chi connectivity index (χ3v) is 4.00. The SMILES string of the molecule is C=CC(C)(CBr)C1CCC1. The molecule has 0 nitrogen and oxygen atoms in total. The maximum absolute atomic E-state index is 3.88. The summed E-state index contributed by atoms with van der Waals surface area (Å²) in [6, 6.07) is 0. The highest BCUT2D eigenvalue weighted by Crippen LogP contribution is 2.43. The van der Waals surface area contributed by atoms with Gasteiger partial charge in [0.1, 0.15) is 0 Å². The fraction of sp³-hybridized carbons (Fsp3) is 0.778. The van der Waals surface area contributed by atoms with Crippen LogP contribution in [0.2, 0.25) is 0 Å². The largest absolute Gasteiger partial charge is 0.102 e. The third kappa shape index (κ3) is 1.29. The molecule has 0 spiro atoms. The molecule has 1 aliphatic carbocycles. The van der Waals surface area contributed by atoms with Gasteiger partial charge in [0.25, 0.3) is 0 Å². The maximum Gasteiger partial charge on any atom is 0.0122 e. The molecule has 0 amide bonds. The fourth-order valence-corrected chi connectivity index (χ4v) is 2.08. The van der Waals surface area contributed by atoms with E-state index in [1.807, 2.05) is 0 Å². The van der Waals surface area contributed by atoms with Crippen LogP contribution in [0.1, 0.15) is 26.2 Å². The maximum atomic E-state index is 3.88. The molecule has 1 saturated carbocycles. The Bertz CT molecular complexity index is 127. The average molecular weight is 203 g/mol. The zero-order chi connectivity index (χ0) is 7.61. The molecular weight excluding hydrogens is 188 g/mol. The van der Waals surface area contributed by atoms with Gasteiger partial charge in [-0.05, 0) is 24.2 Å². The topological polar surface area (TPSA) is 0 Å². The van der Waals surface area contributed by atoms with Gasteiger partial charge in [-0.3, -0.25) is 0 Å². The lowest BCUT2D eigenvalue weighted by Crippen LogP contribution is -2.31. The molecule has 0 bridgehead atoms. The van der Waals surface area contributed by atoms with Crippen LogP contribution >= 0.6 is 15.9 Å². The van der Waals surface area contributed by atoms with E-state index in [-0.39, 0.29) is 0 Å². The van der Waals surface area contributed by atoms with Crippen LogP contribution in [-0.4, -0.2) is 5.33 Å². The van der Waals surface area contributed by atoms with Crippen LogP contribution in [0.25, 0.3) is 0 Å². The van der Waals surface area contributed by atoms with E-state index in [1.54, 1.807) is 0 Å². The molecule has 1 atom stereocenters. The van der Waals surface area contributed by atoms with Crippen molar-refractivity contribution in [1.29, 1.82) is 0 Å². The van der Waals surface area contributed by atoms with Crippen molar-refractivity contribution in [3.05, 3.63) is 12.7 Å². The van der Waals surface area contributed by atoms with Gasteiger partial charge in [0.2, 0.25) is 0 Å². The highest BCUT2D eigenvalue weighted by Gasteiger charge is 2.34. The smallest absolute Gasteiger partial charge is 0.0122 e. The minimum atomic E-state index is 0.359. The predicted molar refractivity (Wildman–Crippen MR) is 49.4 cm³/mol. The number of halogens is 1. The number of hydrogen-bond acceptors (Lipinski definition) is 0. The van der Waals surface area contributed by atoms with Crippen LogP contribution in [0.5, 0.6) is 0 Å². The first-order valence-electron chi connectivity index (χ1n) is 3.92. The Balaban J connectivity index is 2.52. The van der Waals surface area contributed by atoms with Crippen molar-refractivity contribution in [3.63, 3.8) is 0 Å². The number of allylic oxidation sites excluding steroid dienone is 1. The van der Waals surface area contributed by atoms with Gasteiger partial charge in [0.05, 0.1) is 0 Å². The van der Waals surface area contributed by atoms with Gasteiger partial charge >= 0.3 is 0 Å². The highest BCUT2D eigenvalue weighted by molar-refractivity contribution is 9.09. The normalized spacial score (nSPS) is 25.0. The monoisotopic (exact) mass is 202 g/mol. The molecule has 1 heteroatoms. The van der Waals surface area contributed by atoms with Crippen molar-refractivity contribution < 1.29 is 0 Å². The molecule has 1 unspecified atom stereocenters. The molecule has 0 N–H and O–H groups in total. The summed E-state index contributed by atoms with van der Waals surface area (Å²) in [5, 5.41) is 1.06. The summed E-state index contributed by atoms with van der Waals surface area (Å²) < 4.78 is 0. The van der Waals surface area contributed by atoms with Gasteiger partial charge in [-0.2, -0.15) is 0 Å². The van der Waals surface area contributed by atoms with Crippen LogP contribution in [-0.2, 0) is 0 Å². The molecule has 0 aromatic rings. The first-order chi connectivity index (χ1) is 4.73. The summed E-state index contributed by atoms with van der Waals surface area (Å²) in [6.45, 7) is 6.17. The molecule has 0 heterocycles. The molecule has 1 fully saturated rings. The average Bonchev–Trinajstić information content (AvgIpc) is 1.84. The predicted octanol–water partition coefficient (Wildman–Crippen LogP) is 3.37. The van der Waals surface area contributed by atoms with E-state index >= 15 is 0 Å². The standard InChI is InChI=1S/C9H15Br/c1-3-9(2,7-10)8-5-4-6-8/h3,8H,1,4-7H2,2H3. The molecular formula is C9H15Br. The zero-order valence-electron chi connectivity index (χ0n) is 6.57. The van der Waals surface area contributed by atoms with E-state index in [0.717, 1.165) is 11.2 Å². The van der Waals surface area contributed by atoms with Crippen molar-refractivity contribution in [2.24, 2.45) is 11.3 Å². The van der Waals surface area contributed by atoms with Gasteiger partial charge in [0, 0.05) is 5.33 Å². The second-order valence-electron chi connectivity index (χ2n) is 3.47. The molecule has 1 rings (SSSR count). The molecule has 1 aliphatic rings. The van der Waals surface area contributed by atoms with Crippen molar-refractivity contribution in [3.8, 4) is 0 Å². The van der Waals surface area contributed by atoms with Gasteiger partial charge < -0.3 is 0 Å². The van der Waals surface area contributed by atoms with E-state index in [9.17, 15) is 0 Å². The second-order valence-corrected chi connectivity index (χ2v) is 4.03. The Hall–Kier alpha value is 0.220. The lowest BCUT2D eigenvalue weighted by atomic mass is 9.67. The summed E-state index contributed by atoms with van der Waals surface area (Å²) in [5.74, 6) is 0.893. The van der Waals surface area contributed by atoms with Crippen LogP contribution in [0.3, 0.4) is 0 Å². The lowest BCUT2D eigenvalue weighted by molar-refractivity contribution is 0.175. The minimum absolute atomic E-state index is 0.359. The zero-order valence-corrected chi connectivity index (χ0v) is 8.15. The van der Waals surface area contributed by atoms with Crippen molar-refractivity contribution in [2.75, 3.05) is 5.33 Å². The van der Waals surface area contributed by atoms with Gasteiger partial charge in [-0.15, -0.1) is 6.58 Å². The lowest BCUT2D eigenvalue weighted by Gasteiger charge is -2.39. The first-order valence-corrected chi connectivity index (χ1v) is 5.04.